The van der Waals surface area contributed by atoms with E-state index in [4.69, 9.17) is 13.6 Å². The molecule has 3 aliphatic heterocycles. The molecule has 5 rings (SSSR count). The number of rotatable bonds is 6. The van der Waals surface area contributed by atoms with Crippen molar-refractivity contribution in [2.45, 2.75) is 38.6 Å². The molecule has 0 radical (unpaired) electrons. The molecule has 0 aromatic heterocycles. The average molecular weight is 465 g/mol. The second-order valence-electron chi connectivity index (χ2n) is 8.56. The Morgan fingerprint density at radius 2 is 2.03 bits per heavy atom. The number of hydrogen-bond acceptors (Lipinski definition) is 5. The maximum Gasteiger partial charge on any atom is 0.255 e. The Kier molecular flexibility index (Phi) is 5.13. The van der Waals surface area contributed by atoms with Crippen LogP contribution in [-0.4, -0.2) is 53.3 Å². The second kappa shape index (κ2) is 9.30. The quantitative estimate of drug-likeness (QED) is 0.709. The predicted octanol–water partition coefficient (Wildman–Crippen LogP) is 2.37. The van der Waals surface area contributed by atoms with Gasteiger partial charge in [0, 0.05) is 29.9 Å². The monoisotopic (exact) mass is 464 g/mol. The van der Waals surface area contributed by atoms with Crippen molar-refractivity contribution in [3.8, 4) is 5.75 Å². The summed E-state index contributed by atoms with van der Waals surface area (Å²) in [6.07, 6.45) is 1.10. The van der Waals surface area contributed by atoms with Gasteiger partial charge in [0.15, 0.2) is 0 Å². The number of amides is 3. The lowest BCUT2D eigenvalue weighted by atomic mass is 10.0. The summed E-state index contributed by atoms with van der Waals surface area (Å²) in [6.45, 7) is 4.82. The molecule has 1 N–H and O–H groups in total. The molecule has 8 heteroatoms. The summed E-state index contributed by atoms with van der Waals surface area (Å²) in [7, 11) is 0. The van der Waals surface area contributed by atoms with Crippen LogP contribution in [0.1, 0.15) is 44.0 Å². The number of benzene rings is 2. The Labute approximate surface area is 202 Å². The highest BCUT2D eigenvalue weighted by molar-refractivity contribution is 6.02. The molecule has 3 amide bonds. The molecule has 34 heavy (non-hydrogen) atoms. The molecule has 2 fully saturated rings. The van der Waals surface area contributed by atoms with Crippen LogP contribution < -0.4 is 10.1 Å². The Balaban J connectivity index is 1.33. The molecule has 0 spiro atoms. The van der Waals surface area contributed by atoms with Gasteiger partial charge in [0.1, 0.15) is 25.0 Å². The topological polar surface area (TPSA) is 88.2 Å². The fourth-order valence-corrected chi connectivity index (χ4v) is 4.41. The molecule has 0 saturated carbocycles. The maximum absolute atomic E-state index is 13.1. The van der Waals surface area contributed by atoms with E-state index in [-0.39, 0.29) is 67.7 Å². The standard InChI is InChI=1S/C26H27N3O5/c1-17-5-10-22(25(31)27-17)29-14-21-20(26(29)32)3-2-4-23(21)34-15-19-8-6-18(7-9-19)13-28-11-12-33-16-24(28)30/h2-4,6-9,22H,1,5,10-16H2,(H,27,31)/i6D,8D,9D. The maximum atomic E-state index is 13.1. The zero-order chi connectivity index (χ0) is 26.3. The van der Waals surface area contributed by atoms with Crippen LogP contribution >= 0.6 is 0 Å². The molecule has 3 heterocycles. The van der Waals surface area contributed by atoms with E-state index in [1.165, 1.54) is 11.0 Å². The number of morpholine rings is 1. The number of allylic oxidation sites excluding steroid dienone is 1. The first-order valence-electron chi connectivity index (χ1n) is 12.7. The van der Waals surface area contributed by atoms with Crippen molar-refractivity contribution in [1.29, 1.82) is 0 Å². The highest BCUT2D eigenvalue weighted by Gasteiger charge is 2.39. The first-order valence-corrected chi connectivity index (χ1v) is 11.2. The van der Waals surface area contributed by atoms with Gasteiger partial charge in [-0.2, -0.15) is 0 Å². The highest BCUT2D eigenvalue weighted by atomic mass is 16.5. The largest absolute Gasteiger partial charge is 0.489 e. The van der Waals surface area contributed by atoms with Gasteiger partial charge in [-0.1, -0.05) is 36.8 Å². The van der Waals surface area contributed by atoms with Gasteiger partial charge in [-0.15, -0.1) is 0 Å². The van der Waals surface area contributed by atoms with Gasteiger partial charge in [0.2, 0.25) is 11.8 Å². The van der Waals surface area contributed by atoms with Crippen molar-refractivity contribution in [3.05, 3.63) is 76.9 Å². The van der Waals surface area contributed by atoms with Gasteiger partial charge in [0.05, 0.1) is 17.3 Å². The number of ether oxygens (including phenoxy) is 2. The van der Waals surface area contributed by atoms with E-state index in [0.29, 0.717) is 54.1 Å². The van der Waals surface area contributed by atoms with Crippen LogP contribution in [0.3, 0.4) is 0 Å². The predicted molar refractivity (Wildman–Crippen MR) is 124 cm³/mol. The summed E-state index contributed by atoms with van der Waals surface area (Å²) in [5.41, 5.74) is 2.41. The summed E-state index contributed by atoms with van der Waals surface area (Å²) in [4.78, 5) is 40.7. The summed E-state index contributed by atoms with van der Waals surface area (Å²) in [5.74, 6) is -0.249. The normalized spacial score (nSPS) is 21.6. The zero-order valence-corrected chi connectivity index (χ0v) is 18.7. The summed E-state index contributed by atoms with van der Waals surface area (Å²) >= 11 is 0. The summed E-state index contributed by atoms with van der Waals surface area (Å²) in [6, 6.07) is 5.87. The molecular formula is C26H27N3O5. The molecule has 2 aromatic carbocycles. The minimum Gasteiger partial charge on any atom is -0.489 e. The summed E-state index contributed by atoms with van der Waals surface area (Å²) in [5, 5.41) is 2.72. The summed E-state index contributed by atoms with van der Waals surface area (Å²) < 4.78 is 36.5. The van der Waals surface area contributed by atoms with E-state index in [1.54, 1.807) is 23.1 Å². The Morgan fingerprint density at radius 1 is 1.18 bits per heavy atom. The van der Waals surface area contributed by atoms with Gasteiger partial charge >= 0.3 is 0 Å². The molecule has 3 aliphatic rings. The number of piperidine rings is 1. The van der Waals surface area contributed by atoms with Gasteiger partial charge in [-0.3, -0.25) is 14.4 Å². The van der Waals surface area contributed by atoms with E-state index >= 15 is 0 Å². The lowest BCUT2D eigenvalue weighted by Gasteiger charge is -2.31. The van der Waals surface area contributed by atoms with Crippen LogP contribution in [0.4, 0.5) is 0 Å². The van der Waals surface area contributed by atoms with Crippen LogP contribution in [0.15, 0.2) is 54.7 Å². The van der Waals surface area contributed by atoms with Crippen LogP contribution in [0.25, 0.3) is 0 Å². The molecule has 8 nitrogen and oxygen atoms in total. The van der Waals surface area contributed by atoms with Crippen molar-refractivity contribution in [2.24, 2.45) is 0 Å². The molecular weight excluding hydrogens is 434 g/mol. The van der Waals surface area contributed by atoms with Crippen molar-refractivity contribution >= 4 is 17.7 Å². The number of carbonyl (C=O) groups is 3. The average Bonchev–Trinajstić information content (AvgIpc) is 3.20. The van der Waals surface area contributed by atoms with Gasteiger partial charge in [-0.05, 0) is 36.1 Å². The van der Waals surface area contributed by atoms with E-state index in [0.717, 1.165) is 0 Å². The number of fused-ring (bicyclic) bond motifs is 1. The van der Waals surface area contributed by atoms with E-state index in [2.05, 4.69) is 11.9 Å². The smallest absolute Gasteiger partial charge is 0.255 e. The number of nitrogens with one attached hydrogen (secondary N) is 1. The fourth-order valence-electron chi connectivity index (χ4n) is 4.41. The highest BCUT2D eigenvalue weighted by Crippen LogP contribution is 2.34. The van der Waals surface area contributed by atoms with Crippen LogP contribution in [-0.2, 0) is 34.0 Å². The van der Waals surface area contributed by atoms with Crippen molar-refractivity contribution in [3.63, 3.8) is 0 Å². The molecule has 2 aromatic rings. The number of nitrogens with zero attached hydrogens (tertiary/aromatic N) is 2. The van der Waals surface area contributed by atoms with Gasteiger partial charge in [-0.25, -0.2) is 0 Å². The molecule has 176 valence electrons. The Hall–Kier alpha value is -3.65. The number of hydrogen-bond donors (Lipinski definition) is 1. The van der Waals surface area contributed by atoms with E-state index < -0.39 is 6.04 Å². The first-order chi connectivity index (χ1) is 17.7. The molecule has 0 aliphatic carbocycles. The zero-order valence-electron chi connectivity index (χ0n) is 21.7. The van der Waals surface area contributed by atoms with Crippen LogP contribution in [0.2, 0.25) is 0 Å². The van der Waals surface area contributed by atoms with Crippen molar-refractivity contribution in [2.75, 3.05) is 19.8 Å². The van der Waals surface area contributed by atoms with Crippen molar-refractivity contribution in [1.82, 2.24) is 15.1 Å². The lowest BCUT2D eigenvalue weighted by molar-refractivity contribution is -0.143. The SMILES string of the molecule is [2H]c1cc(CN2CCOCC2=O)c([2H])c([2H])c1COc1cccc2c1CN(C1CCC(=C)NC1=O)C2=O. The molecule has 0 bridgehead atoms. The van der Waals surface area contributed by atoms with Crippen molar-refractivity contribution < 1.29 is 28.0 Å². The molecule has 1 atom stereocenters. The number of carbonyl (C=O) groups excluding carboxylic acids is 3. The molecule has 1 unspecified atom stereocenters. The minimum absolute atomic E-state index is 0.0111. The third-order valence-corrected chi connectivity index (χ3v) is 6.26. The van der Waals surface area contributed by atoms with E-state index in [1.807, 2.05) is 0 Å². The van der Waals surface area contributed by atoms with E-state index in [9.17, 15) is 14.4 Å². The molecule has 2 saturated heterocycles. The van der Waals surface area contributed by atoms with Crippen LogP contribution in [0.5, 0.6) is 5.75 Å². The third kappa shape index (κ3) is 4.41. The first kappa shape index (κ1) is 18.7. The van der Waals surface area contributed by atoms with Gasteiger partial charge < -0.3 is 24.6 Å². The lowest BCUT2D eigenvalue weighted by Crippen LogP contribution is -2.49. The van der Waals surface area contributed by atoms with Gasteiger partial charge in [0.25, 0.3) is 5.91 Å². The second-order valence-corrected chi connectivity index (χ2v) is 8.56. The fraction of sp³-hybridized carbons (Fsp3) is 0.346. The Bertz CT molecular complexity index is 1310. The minimum atomic E-state index is -0.588. The van der Waals surface area contributed by atoms with Crippen LogP contribution in [0, 0.1) is 0 Å². The third-order valence-electron chi connectivity index (χ3n) is 6.26. The Morgan fingerprint density at radius 3 is 2.85 bits per heavy atom.